The van der Waals surface area contributed by atoms with Crippen molar-refractivity contribution >= 4 is 34.8 Å². The molecule has 146 valence electrons. The second-order valence-electron chi connectivity index (χ2n) is 6.99. The van der Waals surface area contributed by atoms with Gasteiger partial charge in [-0.15, -0.1) is 0 Å². The van der Waals surface area contributed by atoms with E-state index in [1.165, 1.54) is 4.90 Å². The van der Waals surface area contributed by atoms with Crippen LogP contribution in [0.3, 0.4) is 0 Å². The molecular formula is C21H22ClN3O3. The minimum absolute atomic E-state index is 0.165. The quantitative estimate of drug-likeness (QED) is 0.740. The number of hydrogen-bond acceptors (Lipinski definition) is 5. The highest BCUT2D eigenvalue weighted by Gasteiger charge is 2.43. The van der Waals surface area contributed by atoms with Crippen LogP contribution >= 0.6 is 11.6 Å². The number of ether oxygens (including phenoxy) is 1. The fraction of sp³-hybridized carbons (Fsp3) is 0.333. The number of piperazine rings is 1. The van der Waals surface area contributed by atoms with Crippen molar-refractivity contribution in [2.45, 2.75) is 12.5 Å². The Bertz CT molecular complexity index is 896. The molecule has 7 heteroatoms. The second kappa shape index (κ2) is 7.81. The lowest BCUT2D eigenvalue weighted by molar-refractivity contribution is -0.123. The van der Waals surface area contributed by atoms with Gasteiger partial charge in [0.1, 0.15) is 5.75 Å². The van der Waals surface area contributed by atoms with Crippen LogP contribution in [0.5, 0.6) is 5.75 Å². The summed E-state index contributed by atoms with van der Waals surface area (Å²) < 4.78 is 5.30. The Morgan fingerprint density at radius 3 is 2.39 bits per heavy atom. The lowest BCUT2D eigenvalue weighted by Crippen LogP contribution is -2.52. The van der Waals surface area contributed by atoms with Crippen molar-refractivity contribution in [3.8, 4) is 5.75 Å². The van der Waals surface area contributed by atoms with E-state index in [0.29, 0.717) is 10.7 Å². The number of hydrogen-bond donors (Lipinski definition) is 0. The lowest BCUT2D eigenvalue weighted by Gasteiger charge is -2.38. The van der Waals surface area contributed by atoms with Gasteiger partial charge in [-0.2, -0.15) is 0 Å². The molecule has 0 aromatic heterocycles. The molecule has 2 aliphatic rings. The Balaban J connectivity index is 1.43. The molecule has 28 heavy (non-hydrogen) atoms. The molecule has 0 saturated carbocycles. The third-order valence-electron chi connectivity index (χ3n) is 5.36. The van der Waals surface area contributed by atoms with Gasteiger partial charge in [0.25, 0.3) is 5.91 Å². The second-order valence-corrected chi connectivity index (χ2v) is 7.43. The maximum absolute atomic E-state index is 13.0. The standard InChI is InChI=1S/C21H22ClN3O3/c1-28-18-7-3-5-16(13-18)23-8-10-24(11-9-23)19-14-20(26)25(21(19)27)17-6-2-4-15(22)12-17/h2-7,12-13,19H,8-11,14H2,1H3/t19-/m1/s1. The van der Waals surface area contributed by atoms with Crippen LogP contribution in [0.25, 0.3) is 0 Å². The van der Waals surface area contributed by atoms with Crippen LogP contribution < -0.4 is 14.5 Å². The molecule has 1 atom stereocenters. The van der Waals surface area contributed by atoms with Crippen LogP contribution in [-0.4, -0.2) is 56.0 Å². The van der Waals surface area contributed by atoms with Crippen LogP contribution in [0.2, 0.25) is 5.02 Å². The Labute approximate surface area is 169 Å². The van der Waals surface area contributed by atoms with Crippen molar-refractivity contribution in [3.63, 3.8) is 0 Å². The molecule has 2 saturated heterocycles. The fourth-order valence-corrected chi connectivity index (χ4v) is 4.07. The van der Waals surface area contributed by atoms with E-state index in [1.54, 1.807) is 31.4 Å². The summed E-state index contributed by atoms with van der Waals surface area (Å²) in [5.74, 6) is 0.489. The molecule has 4 rings (SSSR count). The predicted molar refractivity (Wildman–Crippen MR) is 109 cm³/mol. The smallest absolute Gasteiger partial charge is 0.251 e. The predicted octanol–water partition coefficient (Wildman–Crippen LogP) is 2.80. The number of halogens is 1. The van der Waals surface area contributed by atoms with Gasteiger partial charge in [0.2, 0.25) is 5.91 Å². The number of methoxy groups -OCH3 is 1. The summed E-state index contributed by atoms with van der Waals surface area (Å²) in [4.78, 5) is 31.1. The number of carbonyl (C=O) groups excluding carboxylic acids is 2. The van der Waals surface area contributed by atoms with Crippen molar-refractivity contribution in [2.24, 2.45) is 0 Å². The Morgan fingerprint density at radius 1 is 0.964 bits per heavy atom. The summed E-state index contributed by atoms with van der Waals surface area (Å²) in [6, 6.07) is 14.4. The monoisotopic (exact) mass is 399 g/mol. The fourth-order valence-electron chi connectivity index (χ4n) is 3.89. The average Bonchev–Trinajstić information content (AvgIpc) is 3.02. The normalized spacial score (nSPS) is 20.7. The molecule has 2 heterocycles. The van der Waals surface area contributed by atoms with Crippen LogP contribution in [-0.2, 0) is 9.59 Å². The summed E-state index contributed by atoms with van der Waals surface area (Å²) in [6.45, 7) is 3.04. The van der Waals surface area contributed by atoms with Gasteiger partial charge in [0.15, 0.2) is 0 Å². The number of benzene rings is 2. The number of anilines is 2. The van der Waals surface area contributed by atoms with Crippen molar-refractivity contribution in [1.82, 2.24) is 4.90 Å². The third kappa shape index (κ3) is 3.57. The first-order valence-corrected chi connectivity index (χ1v) is 9.70. The maximum atomic E-state index is 13.0. The largest absolute Gasteiger partial charge is 0.497 e. The van der Waals surface area contributed by atoms with Crippen LogP contribution in [0, 0.1) is 0 Å². The van der Waals surface area contributed by atoms with Gasteiger partial charge >= 0.3 is 0 Å². The van der Waals surface area contributed by atoms with E-state index in [0.717, 1.165) is 37.6 Å². The van der Waals surface area contributed by atoms with Crippen molar-refractivity contribution in [2.75, 3.05) is 43.1 Å². The van der Waals surface area contributed by atoms with Gasteiger partial charge in [-0.25, -0.2) is 4.90 Å². The Kier molecular flexibility index (Phi) is 5.24. The molecule has 2 fully saturated rings. The first kappa shape index (κ1) is 18.8. The zero-order valence-corrected chi connectivity index (χ0v) is 16.4. The molecule has 0 bridgehead atoms. The van der Waals surface area contributed by atoms with E-state index in [2.05, 4.69) is 15.9 Å². The molecule has 0 spiro atoms. The first-order valence-electron chi connectivity index (χ1n) is 9.32. The van der Waals surface area contributed by atoms with Gasteiger partial charge < -0.3 is 9.64 Å². The lowest BCUT2D eigenvalue weighted by atomic mass is 10.1. The van der Waals surface area contributed by atoms with Crippen LogP contribution in [0.15, 0.2) is 48.5 Å². The van der Waals surface area contributed by atoms with Gasteiger partial charge in [-0.1, -0.05) is 23.7 Å². The summed E-state index contributed by atoms with van der Waals surface area (Å²) in [5, 5.41) is 0.508. The van der Waals surface area contributed by atoms with E-state index in [1.807, 2.05) is 18.2 Å². The number of nitrogens with zero attached hydrogens (tertiary/aromatic N) is 3. The Morgan fingerprint density at radius 2 is 1.68 bits per heavy atom. The minimum Gasteiger partial charge on any atom is -0.497 e. The number of carbonyl (C=O) groups is 2. The molecule has 0 unspecified atom stereocenters. The molecule has 6 nitrogen and oxygen atoms in total. The number of imide groups is 1. The highest BCUT2D eigenvalue weighted by Crippen LogP contribution is 2.29. The van der Waals surface area contributed by atoms with E-state index in [9.17, 15) is 9.59 Å². The summed E-state index contributed by atoms with van der Waals surface area (Å²) >= 11 is 6.03. The third-order valence-corrected chi connectivity index (χ3v) is 5.60. The molecule has 0 aliphatic carbocycles. The van der Waals surface area contributed by atoms with Crippen LogP contribution in [0.4, 0.5) is 11.4 Å². The number of rotatable bonds is 4. The van der Waals surface area contributed by atoms with Crippen molar-refractivity contribution in [1.29, 1.82) is 0 Å². The van der Waals surface area contributed by atoms with E-state index >= 15 is 0 Å². The van der Waals surface area contributed by atoms with E-state index < -0.39 is 6.04 Å². The van der Waals surface area contributed by atoms with Crippen molar-refractivity contribution < 1.29 is 14.3 Å². The highest BCUT2D eigenvalue weighted by molar-refractivity contribution is 6.31. The number of amides is 2. The molecule has 0 radical (unpaired) electrons. The van der Waals surface area contributed by atoms with Gasteiger partial charge in [-0.05, 0) is 30.3 Å². The van der Waals surface area contributed by atoms with Gasteiger partial charge in [0.05, 0.1) is 25.3 Å². The summed E-state index contributed by atoms with van der Waals surface area (Å²) in [7, 11) is 1.66. The molecular weight excluding hydrogens is 378 g/mol. The SMILES string of the molecule is COc1cccc(N2CCN([C@@H]3CC(=O)N(c4cccc(Cl)c4)C3=O)CC2)c1. The zero-order valence-electron chi connectivity index (χ0n) is 15.7. The van der Waals surface area contributed by atoms with Crippen LogP contribution in [0.1, 0.15) is 6.42 Å². The van der Waals surface area contributed by atoms with Gasteiger partial charge in [0, 0.05) is 43.0 Å². The minimum atomic E-state index is -0.404. The zero-order chi connectivity index (χ0) is 19.7. The van der Waals surface area contributed by atoms with Gasteiger partial charge in [-0.3, -0.25) is 14.5 Å². The maximum Gasteiger partial charge on any atom is 0.251 e. The average molecular weight is 400 g/mol. The Hall–Kier alpha value is -2.57. The first-order chi connectivity index (χ1) is 13.6. The van der Waals surface area contributed by atoms with E-state index in [-0.39, 0.29) is 18.2 Å². The summed E-state index contributed by atoms with van der Waals surface area (Å²) in [6.07, 6.45) is 0.213. The summed E-state index contributed by atoms with van der Waals surface area (Å²) in [5.41, 5.74) is 1.65. The topological polar surface area (TPSA) is 53.1 Å². The molecule has 0 N–H and O–H groups in total. The van der Waals surface area contributed by atoms with E-state index in [4.69, 9.17) is 16.3 Å². The highest BCUT2D eigenvalue weighted by atomic mass is 35.5. The molecule has 2 aliphatic heterocycles. The molecule has 2 amide bonds. The van der Waals surface area contributed by atoms with Crippen molar-refractivity contribution in [3.05, 3.63) is 53.6 Å². The molecule has 2 aromatic rings. The molecule has 2 aromatic carbocycles.